The van der Waals surface area contributed by atoms with Crippen LogP contribution in [0.5, 0.6) is 5.75 Å². The third-order valence-corrected chi connectivity index (χ3v) is 3.59. The molecule has 0 radical (unpaired) electrons. The Kier molecular flexibility index (Phi) is 3.68. The van der Waals surface area contributed by atoms with Crippen molar-refractivity contribution in [1.82, 2.24) is 0 Å². The molecule has 0 saturated carbocycles. The van der Waals surface area contributed by atoms with Gasteiger partial charge in [-0.3, -0.25) is 14.9 Å². The number of amides is 1. The van der Waals surface area contributed by atoms with E-state index in [0.717, 1.165) is 5.56 Å². The molecule has 3 rings (SSSR count). The lowest BCUT2D eigenvalue weighted by atomic mass is 10.1. The van der Waals surface area contributed by atoms with Gasteiger partial charge in [0.15, 0.2) is 6.61 Å². The van der Waals surface area contributed by atoms with Gasteiger partial charge in [0.1, 0.15) is 5.75 Å². The zero-order valence-corrected chi connectivity index (χ0v) is 12.1. The highest BCUT2D eigenvalue weighted by Gasteiger charge is 2.25. The highest BCUT2D eigenvalue weighted by Crippen LogP contribution is 2.35. The highest BCUT2D eigenvalue weighted by atomic mass is 35.5. The lowest BCUT2D eigenvalue weighted by Gasteiger charge is -2.29. The minimum Gasteiger partial charge on any atom is -0.482 e. The number of fused-ring (bicyclic) bond motifs is 1. The minimum atomic E-state index is -0.460. The Hall–Kier alpha value is -2.60. The molecule has 6 nitrogen and oxygen atoms in total. The maximum atomic E-state index is 12.1. The summed E-state index contributed by atoms with van der Waals surface area (Å²) in [5.74, 6) is 0.402. The van der Waals surface area contributed by atoms with E-state index in [2.05, 4.69) is 0 Å². The number of carbonyl (C=O) groups is 1. The average molecular weight is 319 g/mol. The molecule has 1 amide bonds. The Morgan fingerprint density at radius 3 is 2.64 bits per heavy atom. The third-order valence-electron chi connectivity index (χ3n) is 3.35. The van der Waals surface area contributed by atoms with Crippen LogP contribution in [0, 0.1) is 10.1 Å². The van der Waals surface area contributed by atoms with Crippen LogP contribution in [0.1, 0.15) is 5.56 Å². The van der Waals surface area contributed by atoms with Crippen LogP contribution in [0.2, 0.25) is 5.02 Å². The molecule has 1 heterocycles. The topological polar surface area (TPSA) is 72.7 Å². The third kappa shape index (κ3) is 2.73. The number of benzene rings is 2. The maximum absolute atomic E-state index is 12.1. The lowest BCUT2D eigenvalue weighted by molar-refractivity contribution is -0.384. The number of nitro groups is 1. The van der Waals surface area contributed by atoms with E-state index in [0.29, 0.717) is 23.0 Å². The maximum Gasteiger partial charge on any atom is 0.269 e. The van der Waals surface area contributed by atoms with E-state index < -0.39 is 4.92 Å². The van der Waals surface area contributed by atoms with E-state index in [4.69, 9.17) is 16.3 Å². The molecule has 0 unspecified atom stereocenters. The molecule has 112 valence electrons. The summed E-state index contributed by atoms with van der Waals surface area (Å²) in [6.45, 7) is 0.259. The summed E-state index contributed by atoms with van der Waals surface area (Å²) in [4.78, 5) is 23.9. The zero-order chi connectivity index (χ0) is 15.7. The molecule has 1 aliphatic heterocycles. The SMILES string of the molecule is O=C1COc2ccc(Cl)cc2N1Cc1ccc([N+](=O)[O-])cc1. The van der Waals surface area contributed by atoms with Crippen LogP contribution < -0.4 is 9.64 Å². The molecule has 0 bridgehead atoms. The first-order chi connectivity index (χ1) is 10.5. The second kappa shape index (κ2) is 5.65. The Morgan fingerprint density at radius 2 is 1.95 bits per heavy atom. The molecule has 0 atom stereocenters. The van der Waals surface area contributed by atoms with Gasteiger partial charge in [-0.1, -0.05) is 23.7 Å². The predicted octanol–water partition coefficient (Wildman–Crippen LogP) is 3.17. The number of nitro benzene ring substituents is 1. The largest absolute Gasteiger partial charge is 0.482 e. The number of halogens is 1. The predicted molar refractivity (Wildman–Crippen MR) is 81.2 cm³/mol. The first-order valence-corrected chi connectivity index (χ1v) is 6.88. The van der Waals surface area contributed by atoms with Crippen molar-refractivity contribution in [2.24, 2.45) is 0 Å². The van der Waals surface area contributed by atoms with Crippen molar-refractivity contribution in [2.45, 2.75) is 6.54 Å². The molecule has 7 heteroatoms. The van der Waals surface area contributed by atoms with Gasteiger partial charge < -0.3 is 9.64 Å². The van der Waals surface area contributed by atoms with E-state index in [1.165, 1.54) is 12.1 Å². The van der Waals surface area contributed by atoms with Crippen LogP contribution in [-0.2, 0) is 11.3 Å². The van der Waals surface area contributed by atoms with Gasteiger partial charge in [-0.25, -0.2) is 0 Å². The van der Waals surface area contributed by atoms with Gasteiger partial charge in [0, 0.05) is 17.2 Å². The minimum absolute atomic E-state index is 0.0144. The van der Waals surface area contributed by atoms with E-state index in [-0.39, 0.29) is 18.2 Å². The monoisotopic (exact) mass is 318 g/mol. The number of ether oxygens (including phenoxy) is 1. The Bertz CT molecular complexity index is 746. The molecule has 0 spiro atoms. The fraction of sp³-hybridized carbons (Fsp3) is 0.133. The van der Waals surface area contributed by atoms with E-state index in [9.17, 15) is 14.9 Å². The Balaban J connectivity index is 1.90. The summed E-state index contributed by atoms with van der Waals surface area (Å²) in [5.41, 5.74) is 1.40. The van der Waals surface area contributed by atoms with Crippen molar-refractivity contribution in [1.29, 1.82) is 0 Å². The van der Waals surface area contributed by atoms with E-state index >= 15 is 0 Å². The molecule has 0 aliphatic carbocycles. The smallest absolute Gasteiger partial charge is 0.269 e. The molecule has 0 aromatic heterocycles. The number of rotatable bonds is 3. The second-order valence-corrected chi connectivity index (χ2v) is 5.24. The van der Waals surface area contributed by atoms with Gasteiger partial charge in [-0.2, -0.15) is 0 Å². The van der Waals surface area contributed by atoms with Gasteiger partial charge in [-0.15, -0.1) is 0 Å². The molecular weight excluding hydrogens is 308 g/mol. The zero-order valence-electron chi connectivity index (χ0n) is 11.4. The van der Waals surface area contributed by atoms with Crippen LogP contribution in [0.25, 0.3) is 0 Å². The molecule has 0 N–H and O–H groups in total. The first-order valence-electron chi connectivity index (χ1n) is 6.50. The number of nitrogens with zero attached hydrogens (tertiary/aromatic N) is 2. The van der Waals surface area contributed by atoms with Crippen molar-refractivity contribution < 1.29 is 14.5 Å². The summed E-state index contributed by atoms with van der Waals surface area (Å²) < 4.78 is 5.37. The van der Waals surface area contributed by atoms with Crippen LogP contribution in [0.4, 0.5) is 11.4 Å². The summed E-state index contributed by atoms with van der Waals surface area (Å²) >= 11 is 5.98. The normalized spacial score (nSPS) is 13.5. The molecule has 1 aliphatic rings. The fourth-order valence-electron chi connectivity index (χ4n) is 2.25. The molecule has 0 saturated heterocycles. The number of carbonyl (C=O) groups excluding carboxylic acids is 1. The lowest BCUT2D eigenvalue weighted by Crippen LogP contribution is -2.38. The van der Waals surface area contributed by atoms with Crippen LogP contribution in [0.3, 0.4) is 0 Å². The van der Waals surface area contributed by atoms with Gasteiger partial charge in [-0.05, 0) is 23.8 Å². The Morgan fingerprint density at radius 1 is 1.23 bits per heavy atom. The molecule has 22 heavy (non-hydrogen) atoms. The van der Waals surface area contributed by atoms with Gasteiger partial charge in [0.05, 0.1) is 17.2 Å². The number of anilines is 1. The quantitative estimate of drug-likeness (QED) is 0.643. The molecule has 2 aromatic carbocycles. The van der Waals surface area contributed by atoms with Crippen molar-refractivity contribution in [3.05, 3.63) is 63.2 Å². The standard InChI is InChI=1S/C15H11ClN2O4/c16-11-3-6-14-13(7-11)17(15(19)9-22-14)8-10-1-4-12(5-2-10)18(20)21/h1-7H,8-9H2. The fourth-order valence-corrected chi connectivity index (χ4v) is 2.42. The first kappa shape index (κ1) is 14.3. The second-order valence-electron chi connectivity index (χ2n) is 4.80. The summed E-state index contributed by atoms with van der Waals surface area (Å²) in [6, 6.07) is 11.2. The highest BCUT2D eigenvalue weighted by molar-refractivity contribution is 6.31. The van der Waals surface area contributed by atoms with E-state index in [1.54, 1.807) is 35.2 Å². The summed E-state index contributed by atoms with van der Waals surface area (Å²) in [6.07, 6.45) is 0. The Labute approximate surface area is 131 Å². The van der Waals surface area contributed by atoms with Crippen LogP contribution >= 0.6 is 11.6 Å². The van der Waals surface area contributed by atoms with Crippen molar-refractivity contribution in [3.8, 4) is 5.75 Å². The van der Waals surface area contributed by atoms with Crippen molar-refractivity contribution in [2.75, 3.05) is 11.5 Å². The molecular formula is C15H11ClN2O4. The molecule has 2 aromatic rings. The number of hydrogen-bond donors (Lipinski definition) is 0. The van der Waals surface area contributed by atoms with Gasteiger partial charge in [0.25, 0.3) is 11.6 Å². The van der Waals surface area contributed by atoms with Gasteiger partial charge in [0.2, 0.25) is 0 Å². The summed E-state index contributed by atoms with van der Waals surface area (Å²) in [7, 11) is 0. The number of hydrogen-bond acceptors (Lipinski definition) is 4. The number of non-ortho nitro benzene ring substituents is 1. The van der Waals surface area contributed by atoms with Gasteiger partial charge >= 0.3 is 0 Å². The van der Waals surface area contributed by atoms with Crippen LogP contribution in [0.15, 0.2) is 42.5 Å². The van der Waals surface area contributed by atoms with Crippen molar-refractivity contribution >= 4 is 28.9 Å². The van der Waals surface area contributed by atoms with Crippen molar-refractivity contribution in [3.63, 3.8) is 0 Å². The molecule has 0 fully saturated rings. The summed E-state index contributed by atoms with van der Waals surface area (Å²) in [5, 5.41) is 11.2. The van der Waals surface area contributed by atoms with Crippen LogP contribution in [-0.4, -0.2) is 17.4 Å². The average Bonchev–Trinajstić information content (AvgIpc) is 2.51. The van der Waals surface area contributed by atoms with E-state index in [1.807, 2.05) is 0 Å².